The summed E-state index contributed by atoms with van der Waals surface area (Å²) < 4.78 is 2.25. The molecule has 0 radical (unpaired) electrons. The molecule has 0 amide bonds. The summed E-state index contributed by atoms with van der Waals surface area (Å²) >= 11 is 0. The van der Waals surface area contributed by atoms with Gasteiger partial charge in [-0.3, -0.25) is 4.98 Å². The van der Waals surface area contributed by atoms with E-state index in [-0.39, 0.29) is 0 Å². The van der Waals surface area contributed by atoms with Crippen LogP contribution in [0.25, 0.3) is 22.3 Å². The lowest BCUT2D eigenvalue weighted by atomic mass is 10.1. The Hall–Kier alpha value is -2.09. The average molecular weight is 236 g/mol. The number of benzene rings is 1. The molecule has 18 heavy (non-hydrogen) atoms. The van der Waals surface area contributed by atoms with Gasteiger partial charge in [-0.05, 0) is 30.2 Å². The monoisotopic (exact) mass is 236 g/mol. The fourth-order valence-electron chi connectivity index (χ4n) is 2.66. The van der Waals surface area contributed by atoms with Gasteiger partial charge in [-0.15, -0.1) is 0 Å². The Morgan fingerprint density at radius 3 is 2.56 bits per heavy atom. The van der Waals surface area contributed by atoms with Gasteiger partial charge in [0.15, 0.2) is 0 Å². The molecule has 0 saturated carbocycles. The maximum Gasteiger partial charge on any atom is 0.0869 e. The molecule has 0 spiro atoms. The van der Waals surface area contributed by atoms with Gasteiger partial charge in [-0.1, -0.05) is 31.2 Å². The molecule has 0 saturated heterocycles. The fourth-order valence-corrected chi connectivity index (χ4v) is 2.66. The van der Waals surface area contributed by atoms with Gasteiger partial charge in [-0.2, -0.15) is 0 Å². The van der Waals surface area contributed by atoms with Crippen LogP contribution in [0.3, 0.4) is 0 Å². The molecule has 1 aromatic carbocycles. The quantitative estimate of drug-likeness (QED) is 0.661. The average Bonchev–Trinajstić information content (AvgIpc) is 2.73. The first kappa shape index (κ1) is 11.0. The summed E-state index contributed by atoms with van der Waals surface area (Å²) in [6.45, 7) is 2.20. The van der Waals surface area contributed by atoms with Crippen LogP contribution in [-0.2, 0) is 13.5 Å². The Balaban J connectivity index is 2.38. The van der Waals surface area contributed by atoms with Crippen LogP contribution in [0.1, 0.15) is 12.5 Å². The zero-order valence-corrected chi connectivity index (χ0v) is 10.7. The van der Waals surface area contributed by atoms with E-state index in [1.165, 1.54) is 22.2 Å². The third-order valence-corrected chi connectivity index (χ3v) is 3.47. The number of hydrogen-bond acceptors (Lipinski definition) is 1. The van der Waals surface area contributed by atoms with Gasteiger partial charge >= 0.3 is 0 Å². The fraction of sp³-hybridized carbons (Fsp3) is 0.188. The van der Waals surface area contributed by atoms with Crippen molar-refractivity contribution in [1.29, 1.82) is 0 Å². The standard InChI is InChI=1S/C16H16N2/c1-3-12-13-8-4-5-10-15(13)18(2)16(12)14-9-6-7-11-17-14/h4-11H,3H2,1-2H3. The van der Waals surface area contributed by atoms with E-state index in [1.54, 1.807) is 0 Å². The normalized spacial score (nSPS) is 11.0. The first-order chi connectivity index (χ1) is 8.83. The van der Waals surface area contributed by atoms with Gasteiger partial charge in [0, 0.05) is 24.1 Å². The maximum atomic E-state index is 4.49. The number of fused-ring (bicyclic) bond motifs is 1. The first-order valence-corrected chi connectivity index (χ1v) is 6.30. The summed E-state index contributed by atoms with van der Waals surface area (Å²) in [5.41, 5.74) is 4.94. The van der Waals surface area contributed by atoms with E-state index in [1.807, 2.05) is 18.3 Å². The Kier molecular flexibility index (Phi) is 2.63. The number of aromatic nitrogens is 2. The van der Waals surface area contributed by atoms with Crippen LogP contribution in [-0.4, -0.2) is 9.55 Å². The molecule has 0 atom stereocenters. The lowest BCUT2D eigenvalue weighted by Gasteiger charge is -2.05. The number of aryl methyl sites for hydroxylation is 2. The van der Waals surface area contributed by atoms with Crippen molar-refractivity contribution in [3.8, 4) is 11.4 Å². The van der Waals surface area contributed by atoms with E-state index in [9.17, 15) is 0 Å². The van der Waals surface area contributed by atoms with Crippen molar-refractivity contribution in [2.75, 3.05) is 0 Å². The lowest BCUT2D eigenvalue weighted by molar-refractivity contribution is 0.956. The van der Waals surface area contributed by atoms with Crippen LogP contribution in [0, 0.1) is 0 Å². The molecular weight excluding hydrogens is 220 g/mol. The van der Waals surface area contributed by atoms with Crippen LogP contribution in [0.5, 0.6) is 0 Å². The Morgan fingerprint density at radius 2 is 1.83 bits per heavy atom. The predicted octanol–water partition coefficient (Wildman–Crippen LogP) is 3.80. The highest BCUT2D eigenvalue weighted by Gasteiger charge is 2.15. The molecule has 3 aromatic rings. The molecule has 2 heteroatoms. The molecule has 0 aliphatic heterocycles. The Bertz CT molecular complexity index is 681. The SMILES string of the molecule is CCc1c(-c2ccccn2)n(C)c2ccccc12. The van der Waals surface area contributed by atoms with Crippen molar-refractivity contribution < 1.29 is 0 Å². The molecule has 2 heterocycles. The molecule has 3 rings (SSSR count). The van der Waals surface area contributed by atoms with Gasteiger partial charge in [0.2, 0.25) is 0 Å². The van der Waals surface area contributed by atoms with Gasteiger partial charge in [0.25, 0.3) is 0 Å². The van der Waals surface area contributed by atoms with Crippen molar-refractivity contribution in [3.63, 3.8) is 0 Å². The summed E-state index contributed by atoms with van der Waals surface area (Å²) in [5.74, 6) is 0. The lowest BCUT2D eigenvalue weighted by Crippen LogP contribution is -1.95. The van der Waals surface area contributed by atoms with E-state index in [0.717, 1.165) is 12.1 Å². The highest BCUT2D eigenvalue weighted by Crippen LogP contribution is 2.32. The van der Waals surface area contributed by atoms with Crippen molar-refractivity contribution >= 4 is 10.9 Å². The predicted molar refractivity (Wildman–Crippen MR) is 75.5 cm³/mol. The van der Waals surface area contributed by atoms with E-state index >= 15 is 0 Å². The van der Waals surface area contributed by atoms with Gasteiger partial charge in [0.05, 0.1) is 11.4 Å². The molecule has 0 bridgehead atoms. The molecule has 90 valence electrons. The van der Waals surface area contributed by atoms with Crippen LogP contribution in [0.2, 0.25) is 0 Å². The molecule has 0 unspecified atom stereocenters. The summed E-state index contributed by atoms with van der Waals surface area (Å²) in [6.07, 6.45) is 2.87. The van der Waals surface area contributed by atoms with Crippen LogP contribution in [0.15, 0.2) is 48.7 Å². The maximum absolute atomic E-state index is 4.49. The van der Waals surface area contributed by atoms with Crippen LogP contribution >= 0.6 is 0 Å². The second kappa shape index (κ2) is 4.30. The number of pyridine rings is 1. The van der Waals surface area contributed by atoms with Crippen molar-refractivity contribution in [1.82, 2.24) is 9.55 Å². The van der Waals surface area contributed by atoms with Crippen molar-refractivity contribution in [2.24, 2.45) is 7.05 Å². The zero-order chi connectivity index (χ0) is 12.5. The number of para-hydroxylation sites is 1. The molecule has 0 N–H and O–H groups in total. The molecule has 0 aliphatic rings. The zero-order valence-electron chi connectivity index (χ0n) is 10.7. The number of nitrogens with zero attached hydrogens (tertiary/aromatic N) is 2. The summed E-state index contributed by atoms with van der Waals surface area (Å²) in [5, 5.41) is 1.34. The van der Waals surface area contributed by atoms with Gasteiger partial charge in [-0.25, -0.2) is 0 Å². The summed E-state index contributed by atoms with van der Waals surface area (Å²) in [6, 6.07) is 14.6. The van der Waals surface area contributed by atoms with Crippen LogP contribution in [0.4, 0.5) is 0 Å². The molecule has 2 nitrogen and oxygen atoms in total. The molecule has 0 aliphatic carbocycles. The topological polar surface area (TPSA) is 17.8 Å². The molecule has 2 aromatic heterocycles. The minimum Gasteiger partial charge on any atom is -0.342 e. The van der Waals surface area contributed by atoms with E-state index < -0.39 is 0 Å². The molecule has 0 fully saturated rings. The Morgan fingerprint density at radius 1 is 1.06 bits per heavy atom. The second-order valence-electron chi connectivity index (χ2n) is 4.47. The van der Waals surface area contributed by atoms with E-state index in [2.05, 4.69) is 53.9 Å². The highest BCUT2D eigenvalue weighted by molar-refractivity contribution is 5.91. The largest absolute Gasteiger partial charge is 0.342 e. The Labute approximate surface area is 107 Å². The third-order valence-electron chi connectivity index (χ3n) is 3.47. The number of hydrogen-bond donors (Lipinski definition) is 0. The first-order valence-electron chi connectivity index (χ1n) is 6.30. The summed E-state index contributed by atoms with van der Waals surface area (Å²) in [4.78, 5) is 4.49. The van der Waals surface area contributed by atoms with Crippen molar-refractivity contribution in [3.05, 3.63) is 54.2 Å². The molecular formula is C16H16N2. The highest BCUT2D eigenvalue weighted by atomic mass is 15.0. The smallest absolute Gasteiger partial charge is 0.0869 e. The third kappa shape index (κ3) is 1.53. The summed E-state index contributed by atoms with van der Waals surface area (Å²) in [7, 11) is 2.12. The second-order valence-corrected chi connectivity index (χ2v) is 4.47. The van der Waals surface area contributed by atoms with Crippen molar-refractivity contribution in [2.45, 2.75) is 13.3 Å². The number of rotatable bonds is 2. The van der Waals surface area contributed by atoms with E-state index in [4.69, 9.17) is 0 Å². The minimum atomic E-state index is 1.02. The van der Waals surface area contributed by atoms with Crippen LogP contribution < -0.4 is 0 Å². The van der Waals surface area contributed by atoms with Gasteiger partial charge < -0.3 is 4.57 Å². The van der Waals surface area contributed by atoms with E-state index in [0.29, 0.717) is 0 Å². The minimum absolute atomic E-state index is 1.02. The van der Waals surface area contributed by atoms with Gasteiger partial charge in [0.1, 0.15) is 0 Å².